The number of likely N-dealkylation sites (N-methyl/N-ethyl adjacent to an activating group) is 1. The van der Waals surface area contributed by atoms with E-state index >= 15 is 0 Å². The Bertz CT molecular complexity index is 1930. The molecule has 0 radical (unpaired) electrons. The van der Waals surface area contributed by atoms with Gasteiger partial charge in [-0.05, 0) is 110 Å². The maximum atomic E-state index is 14.4. The molecule has 3 aliphatic carbocycles. The number of carbonyl (C=O) groups excluding carboxylic acids is 1. The molecule has 3 aromatic rings. The first-order valence-electron chi connectivity index (χ1n) is 22.2. The van der Waals surface area contributed by atoms with Crippen LogP contribution in [0.1, 0.15) is 101 Å². The van der Waals surface area contributed by atoms with Crippen LogP contribution in [0.5, 0.6) is 17.2 Å². The number of allylic oxidation sites excluding steroid dienone is 1. The van der Waals surface area contributed by atoms with Crippen LogP contribution in [0.4, 0.5) is 0 Å². The smallest absolute Gasteiger partial charge is 0.239 e. The highest BCUT2D eigenvalue weighted by Crippen LogP contribution is 2.62. The number of ether oxygens (including phenoxy) is 3. The minimum atomic E-state index is -1.27. The zero-order valence-corrected chi connectivity index (χ0v) is 36.3. The molecule has 322 valence electrons. The van der Waals surface area contributed by atoms with Crippen LogP contribution in [0.2, 0.25) is 0 Å². The summed E-state index contributed by atoms with van der Waals surface area (Å²) in [5.41, 5.74) is 3.87. The molecule has 4 aliphatic rings. The first kappa shape index (κ1) is 44.0. The van der Waals surface area contributed by atoms with Crippen LogP contribution in [0, 0.1) is 23.7 Å². The molecule has 2 fully saturated rings. The number of benzene rings is 3. The van der Waals surface area contributed by atoms with Gasteiger partial charge in [-0.15, -0.1) is 18.3 Å². The first-order valence-corrected chi connectivity index (χ1v) is 23.4. The second-order valence-electron chi connectivity index (χ2n) is 17.0. The van der Waals surface area contributed by atoms with Gasteiger partial charge in [0.15, 0.2) is 0 Å². The van der Waals surface area contributed by atoms with Crippen molar-refractivity contribution in [2.75, 3.05) is 33.1 Å². The lowest BCUT2D eigenvalue weighted by Crippen LogP contribution is -2.69. The number of aliphatic hydroxyl groups is 2. The summed E-state index contributed by atoms with van der Waals surface area (Å²) >= 11 is 1.69. The lowest BCUT2D eigenvalue weighted by atomic mass is 9.55. The van der Waals surface area contributed by atoms with Gasteiger partial charge in [-0.1, -0.05) is 86.2 Å². The van der Waals surface area contributed by atoms with Gasteiger partial charge in [0.25, 0.3) is 0 Å². The van der Waals surface area contributed by atoms with Crippen molar-refractivity contribution in [3.63, 3.8) is 0 Å². The monoisotopic (exact) mass is 836 g/mol. The van der Waals surface area contributed by atoms with Crippen molar-refractivity contribution in [1.82, 2.24) is 4.90 Å². The summed E-state index contributed by atoms with van der Waals surface area (Å²) in [4.78, 5) is 23.7. The Morgan fingerprint density at radius 2 is 1.70 bits per heavy atom. The van der Waals surface area contributed by atoms with Crippen LogP contribution in [0.15, 0.2) is 107 Å². The Kier molecular flexibility index (Phi) is 15.5. The maximum absolute atomic E-state index is 14.4. The van der Waals surface area contributed by atoms with Gasteiger partial charge in [-0.2, -0.15) is 0 Å². The SMILES string of the molecule is C=CCO[C@@]12Oc3ccc(Oc4ccc(SC)cc4)cc3[C@H]3[C@H](CCCCO)[C@@H](CCCCO)C=C(C(=NOCc4ccccc4)C[C@@H]1N(C)C(=O)CCC1CCCC1)[C@H]32. The number of unbranched alkanes of at least 4 members (excludes halogenated alkanes) is 2. The highest BCUT2D eigenvalue weighted by Gasteiger charge is 2.65. The summed E-state index contributed by atoms with van der Waals surface area (Å²) in [5, 5.41) is 24.8. The third kappa shape index (κ3) is 9.99. The molecule has 7 rings (SSSR count). The number of hydrogen-bond donors (Lipinski definition) is 2. The van der Waals surface area contributed by atoms with Crippen LogP contribution in [-0.4, -0.2) is 71.7 Å². The van der Waals surface area contributed by atoms with Crippen molar-refractivity contribution < 1.29 is 34.1 Å². The van der Waals surface area contributed by atoms with Crippen LogP contribution in [0.3, 0.4) is 0 Å². The zero-order chi connectivity index (χ0) is 41.9. The van der Waals surface area contributed by atoms with E-state index in [4.69, 9.17) is 24.2 Å². The van der Waals surface area contributed by atoms with E-state index in [1.807, 2.05) is 66.5 Å². The number of thioether (sulfide) groups is 1. The fourth-order valence-electron chi connectivity index (χ4n) is 10.3. The largest absolute Gasteiger partial charge is 0.459 e. The fraction of sp³-hybridized carbons (Fsp3) is 0.520. The van der Waals surface area contributed by atoms with Gasteiger partial charge in [0.05, 0.1) is 18.2 Å². The molecule has 1 heterocycles. The van der Waals surface area contributed by atoms with E-state index in [2.05, 4.69) is 37.1 Å². The van der Waals surface area contributed by atoms with E-state index in [1.165, 1.54) is 25.7 Å². The Hall–Kier alpha value is -4.09. The number of oxime groups is 1. The summed E-state index contributed by atoms with van der Waals surface area (Å²) in [6, 6.07) is 23.7. The second-order valence-corrected chi connectivity index (χ2v) is 17.9. The Balaban J connectivity index is 1.37. The summed E-state index contributed by atoms with van der Waals surface area (Å²) < 4.78 is 21.0. The minimum absolute atomic E-state index is 0.0739. The molecule has 10 heteroatoms. The molecule has 1 aliphatic heterocycles. The van der Waals surface area contributed by atoms with Crippen molar-refractivity contribution in [3.05, 3.63) is 108 Å². The van der Waals surface area contributed by atoms with Gasteiger partial charge < -0.3 is 34.2 Å². The molecule has 0 spiro atoms. The van der Waals surface area contributed by atoms with Crippen LogP contribution in [0.25, 0.3) is 0 Å². The van der Waals surface area contributed by atoms with Crippen molar-refractivity contribution in [2.45, 2.75) is 113 Å². The minimum Gasteiger partial charge on any atom is -0.459 e. The van der Waals surface area contributed by atoms with Crippen LogP contribution in [-0.2, 0) is 21.0 Å². The van der Waals surface area contributed by atoms with E-state index in [0.29, 0.717) is 49.7 Å². The molecule has 2 saturated carbocycles. The van der Waals surface area contributed by atoms with E-state index in [1.54, 1.807) is 17.8 Å². The molecule has 6 atom stereocenters. The summed E-state index contributed by atoms with van der Waals surface area (Å²) in [6.07, 6.45) is 17.7. The molecule has 3 aromatic carbocycles. The standard InChI is InChI=1S/C50H64N2O7S/c1-4-30-56-50-46(52(2)47(55)27-20-35-14-8-9-15-35)33-44(51-57-34-36-16-6-5-7-17-36)42-31-37(18-10-12-28-53)41(19-11-13-29-54)48(49(42)50)43-32-39(23-26-45(43)59-50)58-38-21-24-40(60-3)25-22-38/h4-7,16-17,21-26,31-32,35,37,41,46,48-49,53-54H,1,8-15,18-20,27-30,33-34H2,2-3H3/t37-,41+,46-,48+,49+,50+/m0/s1. The topological polar surface area (TPSA) is 110 Å². The molecule has 0 unspecified atom stereocenters. The highest BCUT2D eigenvalue weighted by molar-refractivity contribution is 7.98. The number of nitrogens with zero attached hydrogens (tertiary/aromatic N) is 2. The van der Waals surface area contributed by atoms with Gasteiger partial charge in [0, 0.05) is 49.5 Å². The average molecular weight is 837 g/mol. The van der Waals surface area contributed by atoms with Crippen molar-refractivity contribution in [2.24, 2.45) is 28.8 Å². The molecule has 60 heavy (non-hydrogen) atoms. The molecular weight excluding hydrogens is 773 g/mol. The van der Waals surface area contributed by atoms with E-state index in [-0.39, 0.29) is 49.4 Å². The van der Waals surface area contributed by atoms with Crippen molar-refractivity contribution in [3.8, 4) is 17.2 Å². The average Bonchev–Trinajstić information content (AvgIpc) is 3.81. The van der Waals surface area contributed by atoms with Gasteiger partial charge >= 0.3 is 0 Å². The van der Waals surface area contributed by atoms with Crippen molar-refractivity contribution in [1.29, 1.82) is 0 Å². The lowest BCUT2D eigenvalue weighted by Gasteiger charge is -2.59. The molecule has 0 saturated heterocycles. The molecular formula is C50H64N2O7S. The molecule has 0 bridgehead atoms. The summed E-state index contributed by atoms with van der Waals surface area (Å²) in [6.45, 7) is 4.86. The molecule has 1 amide bonds. The summed E-state index contributed by atoms with van der Waals surface area (Å²) in [7, 11) is 1.91. The molecule has 0 aromatic heterocycles. The predicted octanol–water partition coefficient (Wildman–Crippen LogP) is 10.5. The van der Waals surface area contributed by atoms with Crippen LogP contribution >= 0.6 is 11.8 Å². The quantitative estimate of drug-likeness (QED) is 0.0472. The number of hydrogen-bond acceptors (Lipinski definition) is 9. The zero-order valence-electron chi connectivity index (χ0n) is 35.5. The van der Waals surface area contributed by atoms with Gasteiger partial charge in [0.1, 0.15) is 29.9 Å². The number of aliphatic hydroxyl groups excluding tert-OH is 2. The fourth-order valence-corrected chi connectivity index (χ4v) is 10.7. The molecule has 9 nitrogen and oxygen atoms in total. The van der Waals surface area contributed by atoms with Gasteiger partial charge in [-0.25, -0.2) is 0 Å². The maximum Gasteiger partial charge on any atom is 0.239 e. The summed E-state index contributed by atoms with van der Waals surface area (Å²) in [5.74, 6) is 1.34. The van der Waals surface area contributed by atoms with Crippen LogP contribution < -0.4 is 9.47 Å². The number of amides is 1. The normalized spacial score (nSPS) is 25.2. The lowest BCUT2D eigenvalue weighted by molar-refractivity contribution is -0.255. The van der Waals surface area contributed by atoms with E-state index < -0.39 is 11.8 Å². The van der Waals surface area contributed by atoms with Gasteiger partial charge in [-0.3, -0.25) is 4.79 Å². The van der Waals surface area contributed by atoms with Crippen molar-refractivity contribution >= 4 is 23.4 Å². The Morgan fingerprint density at radius 3 is 2.42 bits per heavy atom. The number of fused-ring (bicyclic) bond motifs is 2. The Labute approximate surface area is 361 Å². The number of rotatable bonds is 21. The van der Waals surface area contributed by atoms with E-state index in [9.17, 15) is 15.0 Å². The third-order valence-electron chi connectivity index (χ3n) is 13.3. The predicted molar refractivity (Wildman–Crippen MR) is 238 cm³/mol. The highest BCUT2D eigenvalue weighted by atomic mass is 32.2. The third-order valence-corrected chi connectivity index (χ3v) is 14.0. The molecule has 2 N–H and O–H groups in total. The Morgan fingerprint density at radius 1 is 0.967 bits per heavy atom. The van der Waals surface area contributed by atoms with Gasteiger partial charge in [0.2, 0.25) is 11.7 Å². The second kappa shape index (κ2) is 21.1. The number of carbonyl (C=O) groups is 1. The first-order chi connectivity index (χ1) is 29.4. The van der Waals surface area contributed by atoms with E-state index in [0.717, 1.165) is 65.2 Å².